The highest BCUT2D eigenvalue weighted by molar-refractivity contribution is 7.89. The number of benzene rings is 2. The predicted octanol–water partition coefficient (Wildman–Crippen LogP) is 3.39. The van der Waals surface area contributed by atoms with Gasteiger partial charge in [0.2, 0.25) is 15.9 Å². The van der Waals surface area contributed by atoms with Crippen molar-refractivity contribution >= 4 is 27.3 Å². The first-order valence-corrected chi connectivity index (χ1v) is 11.0. The van der Waals surface area contributed by atoms with Crippen molar-refractivity contribution < 1.29 is 17.9 Å². The Morgan fingerprint density at radius 2 is 1.72 bits per heavy atom. The molecule has 0 unspecified atom stereocenters. The molecule has 158 valence electrons. The molecule has 0 aliphatic heterocycles. The van der Waals surface area contributed by atoms with Gasteiger partial charge < -0.3 is 15.4 Å². The first-order chi connectivity index (χ1) is 13.7. The fourth-order valence-corrected chi connectivity index (χ4v) is 4.38. The molecule has 2 aromatic carbocycles. The maximum Gasteiger partial charge on any atom is 0.243 e. The SMILES string of the molecule is CCN(CC)S(=O)(=O)c1ccc(OC)c(NCC(=O)Nc2ccc(C)c(C)c2)c1. The second-order valence-corrected chi connectivity index (χ2v) is 8.59. The number of carbonyl (C=O) groups is 1. The molecule has 0 saturated heterocycles. The zero-order valence-corrected chi connectivity index (χ0v) is 18.4. The second-order valence-electron chi connectivity index (χ2n) is 6.65. The van der Waals surface area contributed by atoms with Crippen LogP contribution < -0.4 is 15.4 Å². The molecule has 0 saturated carbocycles. The first kappa shape index (κ1) is 22.7. The summed E-state index contributed by atoms with van der Waals surface area (Å²) in [5.41, 5.74) is 3.39. The monoisotopic (exact) mass is 419 g/mol. The van der Waals surface area contributed by atoms with Gasteiger partial charge in [-0.1, -0.05) is 19.9 Å². The number of amides is 1. The molecule has 2 rings (SSSR count). The van der Waals surface area contributed by atoms with Gasteiger partial charge in [0.15, 0.2) is 0 Å². The Morgan fingerprint density at radius 1 is 1.03 bits per heavy atom. The Bertz CT molecular complexity index is 970. The van der Waals surface area contributed by atoms with Gasteiger partial charge in [0.05, 0.1) is 24.2 Å². The number of nitrogens with one attached hydrogen (secondary N) is 2. The molecule has 29 heavy (non-hydrogen) atoms. The lowest BCUT2D eigenvalue weighted by atomic mass is 10.1. The minimum atomic E-state index is -3.61. The third-order valence-electron chi connectivity index (χ3n) is 4.74. The van der Waals surface area contributed by atoms with Crippen molar-refractivity contribution in [3.8, 4) is 5.75 Å². The van der Waals surface area contributed by atoms with E-state index in [1.165, 1.54) is 23.5 Å². The average molecular weight is 420 g/mol. The predicted molar refractivity (Wildman–Crippen MR) is 116 cm³/mol. The Hall–Kier alpha value is -2.58. The molecular weight excluding hydrogens is 390 g/mol. The van der Waals surface area contributed by atoms with Gasteiger partial charge in [0.25, 0.3) is 0 Å². The van der Waals surface area contributed by atoms with Gasteiger partial charge in [-0.2, -0.15) is 4.31 Å². The molecule has 0 radical (unpaired) electrons. The van der Waals surface area contributed by atoms with Crippen LogP contribution >= 0.6 is 0 Å². The number of hydrogen-bond acceptors (Lipinski definition) is 5. The van der Waals surface area contributed by atoms with E-state index >= 15 is 0 Å². The molecule has 7 nitrogen and oxygen atoms in total. The van der Waals surface area contributed by atoms with Crippen LogP contribution in [0, 0.1) is 13.8 Å². The van der Waals surface area contributed by atoms with Crippen molar-refractivity contribution in [3.63, 3.8) is 0 Å². The molecule has 8 heteroatoms. The molecule has 0 aliphatic carbocycles. The van der Waals surface area contributed by atoms with Gasteiger partial charge in [0.1, 0.15) is 5.75 Å². The minimum absolute atomic E-state index is 0.0297. The van der Waals surface area contributed by atoms with Crippen molar-refractivity contribution in [2.45, 2.75) is 32.6 Å². The zero-order valence-electron chi connectivity index (χ0n) is 17.6. The van der Waals surface area contributed by atoms with Crippen LogP contribution in [-0.2, 0) is 14.8 Å². The van der Waals surface area contributed by atoms with Crippen molar-refractivity contribution in [2.75, 3.05) is 37.4 Å². The number of aryl methyl sites for hydroxylation is 2. The number of ether oxygens (including phenoxy) is 1. The first-order valence-electron chi connectivity index (χ1n) is 9.52. The van der Waals surface area contributed by atoms with Crippen LogP contribution in [-0.4, -0.2) is 45.4 Å². The van der Waals surface area contributed by atoms with Crippen LogP contribution in [0.25, 0.3) is 0 Å². The number of hydrogen-bond donors (Lipinski definition) is 2. The summed E-state index contributed by atoms with van der Waals surface area (Å²) >= 11 is 0. The van der Waals surface area contributed by atoms with Crippen LogP contribution in [0.3, 0.4) is 0 Å². The van der Waals surface area contributed by atoms with Crippen LogP contribution in [0.15, 0.2) is 41.3 Å². The van der Waals surface area contributed by atoms with E-state index in [9.17, 15) is 13.2 Å². The number of rotatable bonds is 9. The summed E-state index contributed by atoms with van der Waals surface area (Å²) in [6, 6.07) is 10.3. The normalized spacial score (nSPS) is 11.4. The van der Waals surface area contributed by atoms with Gasteiger partial charge in [-0.25, -0.2) is 8.42 Å². The Balaban J connectivity index is 2.16. The molecular formula is C21H29N3O4S. The lowest BCUT2D eigenvalue weighted by molar-refractivity contribution is -0.114. The molecule has 2 N–H and O–H groups in total. The number of carbonyl (C=O) groups excluding carboxylic acids is 1. The van der Waals surface area contributed by atoms with E-state index in [1.807, 2.05) is 32.0 Å². The molecule has 2 aromatic rings. The molecule has 0 atom stereocenters. The Kier molecular flexibility index (Phi) is 7.64. The summed E-state index contributed by atoms with van der Waals surface area (Å²) in [6.45, 7) is 8.31. The van der Waals surface area contributed by atoms with Crippen molar-refractivity contribution in [3.05, 3.63) is 47.5 Å². The van der Waals surface area contributed by atoms with E-state index in [0.29, 0.717) is 30.2 Å². The summed E-state index contributed by atoms with van der Waals surface area (Å²) < 4.78 is 32.2. The summed E-state index contributed by atoms with van der Waals surface area (Å²) in [5.74, 6) is 0.217. The third kappa shape index (κ3) is 5.48. The van der Waals surface area contributed by atoms with Crippen molar-refractivity contribution in [1.82, 2.24) is 4.31 Å². The highest BCUT2D eigenvalue weighted by atomic mass is 32.2. The van der Waals surface area contributed by atoms with E-state index in [2.05, 4.69) is 10.6 Å². The number of methoxy groups -OCH3 is 1. The molecule has 0 fully saturated rings. The molecule has 0 spiro atoms. The fraction of sp³-hybridized carbons (Fsp3) is 0.381. The molecule has 1 amide bonds. The van der Waals surface area contributed by atoms with E-state index in [4.69, 9.17) is 4.74 Å². The highest BCUT2D eigenvalue weighted by Gasteiger charge is 2.23. The third-order valence-corrected chi connectivity index (χ3v) is 6.79. The standard InChI is InChI=1S/C21H29N3O4S/c1-6-24(7-2)29(26,27)18-10-11-20(28-5)19(13-18)22-14-21(25)23-17-9-8-15(3)16(4)12-17/h8-13,22H,6-7,14H2,1-5H3,(H,23,25). The van der Waals surface area contributed by atoms with Crippen molar-refractivity contribution in [1.29, 1.82) is 0 Å². The fourth-order valence-electron chi connectivity index (χ4n) is 2.90. The number of anilines is 2. The second kappa shape index (κ2) is 9.76. The van der Waals surface area contributed by atoms with E-state index < -0.39 is 10.0 Å². The summed E-state index contributed by atoms with van der Waals surface area (Å²) in [5, 5.41) is 5.81. The van der Waals surface area contributed by atoms with Gasteiger partial charge in [-0.05, 0) is 55.3 Å². The highest BCUT2D eigenvalue weighted by Crippen LogP contribution is 2.28. The van der Waals surface area contributed by atoms with Crippen LogP contribution in [0.1, 0.15) is 25.0 Å². The largest absolute Gasteiger partial charge is 0.495 e. The lowest BCUT2D eigenvalue weighted by Gasteiger charge is -2.20. The quantitative estimate of drug-likeness (QED) is 0.650. The van der Waals surface area contributed by atoms with Crippen LogP contribution in [0.4, 0.5) is 11.4 Å². The molecule has 0 bridgehead atoms. The minimum Gasteiger partial charge on any atom is -0.495 e. The van der Waals surface area contributed by atoms with Gasteiger partial charge in [-0.3, -0.25) is 4.79 Å². The van der Waals surface area contributed by atoms with E-state index in [-0.39, 0.29) is 17.3 Å². The maximum absolute atomic E-state index is 12.8. The van der Waals surface area contributed by atoms with E-state index in [0.717, 1.165) is 11.1 Å². The van der Waals surface area contributed by atoms with Gasteiger partial charge in [-0.15, -0.1) is 0 Å². The van der Waals surface area contributed by atoms with Crippen molar-refractivity contribution in [2.24, 2.45) is 0 Å². The van der Waals surface area contributed by atoms with Crippen LogP contribution in [0.5, 0.6) is 5.75 Å². The zero-order chi connectivity index (χ0) is 21.6. The lowest BCUT2D eigenvalue weighted by Crippen LogP contribution is -2.30. The smallest absolute Gasteiger partial charge is 0.243 e. The molecule has 0 aromatic heterocycles. The van der Waals surface area contributed by atoms with Gasteiger partial charge >= 0.3 is 0 Å². The Morgan fingerprint density at radius 3 is 2.31 bits per heavy atom. The topological polar surface area (TPSA) is 87.7 Å². The number of nitrogens with zero attached hydrogens (tertiary/aromatic N) is 1. The van der Waals surface area contributed by atoms with Crippen LogP contribution in [0.2, 0.25) is 0 Å². The molecule has 0 heterocycles. The summed E-state index contributed by atoms with van der Waals surface area (Å²) in [4.78, 5) is 12.5. The van der Waals surface area contributed by atoms with E-state index in [1.54, 1.807) is 19.9 Å². The van der Waals surface area contributed by atoms with Gasteiger partial charge in [0, 0.05) is 18.8 Å². The molecule has 0 aliphatic rings. The summed E-state index contributed by atoms with van der Waals surface area (Å²) in [6.07, 6.45) is 0. The maximum atomic E-state index is 12.8. The summed E-state index contributed by atoms with van der Waals surface area (Å²) in [7, 11) is -2.11. The number of sulfonamides is 1. The Labute approximate surface area is 173 Å². The average Bonchev–Trinajstić information content (AvgIpc) is 2.69.